The Kier molecular flexibility index (Phi) is 4.96. The van der Waals surface area contributed by atoms with Crippen LogP contribution >= 0.6 is 0 Å². The molecule has 0 bridgehead atoms. The summed E-state index contributed by atoms with van der Waals surface area (Å²) in [5.74, 6) is 0.956. The highest BCUT2D eigenvalue weighted by Gasteiger charge is 2.27. The zero-order valence-corrected chi connectivity index (χ0v) is 13.2. The third-order valence-electron chi connectivity index (χ3n) is 5.44. The SMILES string of the molecule is CCC1CCC(NC2CCCc3c2cnn3CCO)CC1. The van der Waals surface area contributed by atoms with Gasteiger partial charge in [-0.2, -0.15) is 5.10 Å². The first-order chi connectivity index (χ1) is 10.3. The minimum absolute atomic E-state index is 0.174. The van der Waals surface area contributed by atoms with Crippen molar-refractivity contribution in [1.29, 1.82) is 0 Å². The fraction of sp³-hybridized carbons (Fsp3) is 0.824. The summed E-state index contributed by atoms with van der Waals surface area (Å²) in [6.45, 7) is 3.12. The Labute approximate surface area is 127 Å². The molecular formula is C17H29N3O. The molecule has 0 radical (unpaired) electrons. The molecule has 0 aromatic carbocycles. The minimum atomic E-state index is 0.174. The van der Waals surface area contributed by atoms with E-state index in [1.165, 1.54) is 56.2 Å². The van der Waals surface area contributed by atoms with Crippen molar-refractivity contribution in [2.45, 2.75) is 76.9 Å². The van der Waals surface area contributed by atoms with Gasteiger partial charge in [0.2, 0.25) is 0 Å². The van der Waals surface area contributed by atoms with Gasteiger partial charge >= 0.3 is 0 Å². The van der Waals surface area contributed by atoms with Gasteiger partial charge in [0.05, 0.1) is 19.3 Å². The van der Waals surface area contributed by atoms with E-state index in [2.05, 4.69) is 17.3 Å². The van der Waals surface area contributed by atoms with Crippen LogP contribution in [-0.2, 0) is 13.0 Å². The lowest BCUT2D eigenvalue weighted by molar-refractivity contribution is 0.257. The third-order valence-corrected chi connectivity index (χ3v) is 5.44. The highest BCUT2D eigenvalue weighted by atomic mass is 16.3. The number of rotatable bonds is 5. The van der Waals surface area contributed by atoms with E-state index < -0.39 is 0 Å². The normalized spacial score (nSPS) is 29.3. The third kappa shape index (κ3) is 3.32. The van der Waals surface area contributed by atoms with Gasteiger partial charge in [0.15, 0.2) is 0 Å². The number of aliphatic hydroxyl groups is 1. The Balaban J connectivity index is 1.63. The molecular weight excluding hydrogens is 262 g/mol. The fourth-order valence-corrected chi connectivity index (χ4v) is 4.10. The molecule has 1 saturated carbocycles. The molecule has 0 aliphatic heterocycles. The summed E-state index contributed by atoms with van der Waals surface area (Å²) in [6, 6.07) is 1.16. The van der Waals surface area contributed by atoms with Gasteiger partial charge in [0.1, 0.15) is 0 Å². The van der Waals surface area contributed by atoms with Crippen LogP contribution in [0.15, 0.2) is 6.20 Å². The molecule has 0 saturated heterocycles. The molecule has 0 spiro atoms. The number of hydrogen-bond acceptors (Lipinski definition) is 3. The van der Waals surface area contributed by atoms with E-state index in [0.29, 0.717) is 18.6 Å². The van der Waals surface area contributed by atoms with Crippen LogP contribution in [0.25, 0.3) is 0 Å². The lowest BCUT2D eigenvalue weighted by atomic mass is 9.83. The Bertz CT molecular complexity index is 449. The summed E-state index contributed by atoms with van der Waals surface area (Å²) in [7, 11) is 0. The maximum atomic E-state index is 9.14. The molecule has 1 fully saturated rings. The van der Waals surface area contributed by atoms with Crippen LogP contribution in [-0.4, -0.2) is 27.5 Å². The molecule has 1 unspecified atom stereocenters. The van der Waals surface area contributed by atoms with Crippen LogP contribution in [0.2, 0.25) is 0 Å². The molecule has 4 heteroatoms. The van der Waals surface area contributed by atoms with Gasteiger partial charge in [-0.1, -0.05) is 13.3 Å². The fourth-order valence-electron chi connectivity index (χ4n) is 4.10. The van der Waals surface area contributed by atoms with Crippen molar-refractivity contribution in [3.05, 3.63) is 17.5 Å². The van der Waals surface area contributed by atoms with E-state index in [1.54, 1.807) is 0 Å². The van der Waals surface area contributed by atoms with E-state index in [0.717, 1.165) is 12.3 Å². The monoisotopic (exact) mass is 291 g/mol. The first-order valence-corrected chi connectivity index (χ1v) is 8.73. The predicted octanol–water partition coefficient (Wildman–Crippen LogP) is 2.81. The maximum absolute atomic E-state index is 9.14. The molecule has 1 atom stereocenters. The second-order valence-electron chi connectivity index (χ2n) is 6.73. The van der Waals surface area contributed by atoms with E-state index >= 15 is 0 Å². The summed E-state index contributed by atoms with van der Waals surface area (Å²) in [5, 5.41) is 17.5. The molecule has 2 aliphatic carbocycles. The van der Waals surface area contributed by atoms with Crippen LogP contribution in [0.1, 0.15) is 69.2 Å². The lowest BCUT2D eigenvalue weighted by Gasteiger charge is -2.33. The molecule has 3 rings (SSSR count). The van der Waals surface area contributed by atoms with Crippen LogP contribution in [0, 0.1) is 5.92 Å². The summed E-state index contributed by atoms with van der Waals surface area (Å²) >= 11 is 0. The standard InChI is InChI=1S/C17H29N3O/c1-2-13-6-8-14(9-7-13)19-16-4-3-5-17-15(16)12-18-20(17)10-11-21/h12-14,16,19,21H,2-11H2,1H3. The van der Waals surface area contributed by atoms with Crippen LogP contribution in [0.3, 0.4) is 0 Å². The van der Waals surface area contributed by atoms with Crippen molar-refractivity contribution in [1.82, 2.24) is 15.1 Å². The van der Waals surface area contributed by atoms with Crippen molar-refractivity contribution in [2.75, 3.05) is 6.61 Å². The number of aromatic nitrogens is 2. The highest BCUT2D eigenvalue weighted by Crippen LogP contribution is 2.33. The van der Waals surface area contributed by atoms with Crippen molar-refractivity contribution >= 4 is 0 Å². The highest BCUT2D eigenvalue weighted by molar-refractivity contribution is 5.25. The van der Waals surface area contributed by atoms with Gasteiger partial charge in [0.25, 0.3) is 0 Å². The predicted molar refractivity (Wildman–Crippen MR) is 84.2 cm³/mol. The Morgan fingerprint density at radius 1 is 1.29 bits per heavy atom. The number of aliphatic hydroxyl groups excluding tert-OH is 1. The topological polar surface area (TPSA) is 50.1 Å². The number of nitrogens with one attached hydrogen (secondary N) is 1. The van der Waals surface area contributed by atoms with E-state index in [1.807, 2.05) is 10.9 Å². The molecule has 1 aromatic heterocycles. The van der Waals surface area contributed by atoms with Crippen LogP contribution < -0.4 is 5.32 Å². The summed E-state index contributed by atoms with van der Waals surface area (Å²) < 4.78 is 2.00. The molecule has 4 nitrogen and oxygen atoms in total. The Hall–Kier alpha value is -0.870. The van der Waals surface area contributed by atoms with Gasteiger partial charge in [-0.25, -0.2) is 0 Å². The largest absolute Gasteiger partial charge is 0.394 e. The average Bonchev–Trinajstić information content (AvgIpc) is 2.93. The quantitative estimate of drug-likeness (QED) is 0.877. The van der Waals surface area contributed by atoms with Crippen molar-refractivity contribution in [3.8, 4) is 0 Å². The van der Waals surface area contributed by atoms with Gasteiger partial charge < -0.3 is 10.4 Å². The molecule has 118 valence electrons. The van der Waals surface area contributed by atoms with E-state index in [4.69, 9.17) is 5.11 Å². The molecule has 21 heavy (non-hydrogen) atoms. The minimum Gasteiger partial charge on any atom is -0.394 e. The first kappa shape index (κ1) is 15.0. The molecule has 1 aromatic rings. The van der Waals surface area contributed by atoms with E-state index in [-0.39, 0.29) is 6.61 Å². The maximum Gasteiger partial charge on any atom is 0.0644 e. The zero-order chi connectivity index (χ0) is 14.7. The average molecular weight is 291 g/mol. The molecule has 0 amide bonds. The second kappa shape index (κ2) is 6.93. The first-order valence-electron chi connectivity index (χ1n) is 8.73. The van der Waals surface area contributed by atoms with Crippen molar-refractivity contribution in [3.63, 3.8) is 0 Å². The smallest absolute Gasteiger partial charge is 0.0644 e. The van der Waals surface area contributed by atoms with Crippen molar-refractivity contribution < 1.29 is 5.11 Å². The zero-order valence-electron chi connectivity index (χ0n) is 13.2. The molecule has 1 heterocycles. The summed E-state index contributed by atoms with van der Waals surface area (Å²) in [4.78, 5) is 0. The van der Waals surface area contributed by atoms with E-state index in [9.17, 15) is 0 Å². The van der Waals surface area contributed by atoms with Gasteiger partial charge in [-0.3, -0.25) is 4.68 Å². The lowest BCUT2D eigenvalue weighted by Crippen LogP contribution is -2.37. The Morgan fingerprint density at radius 3 is 2.81 bits per heavy atom. The van der Waals surface area contributed by atoms with Gasteiger partial charge in [-0.15, -0.1) is 0 Å². The number of nitrogens with zero attached hydrogens (tertiary/aromatic N) is 2. The van der Waals surface area contributed by atoms with Gasteiger partial charge in [0, 0.05) is 23.3 Å². The van der Waals surface area contributed by atoms with Crippen LogP contribution in [0.5, 0.6) is 0 Å². The summed E-state index contributed by atoms with van der Waals surface area (Å²) in [5.41, 5.74) is 2.72. The summed E-state index contributed by atoms with van der Waals surface area (Å²) in [6.07, 6.45) is 12.4. The number of fused-ring (bicyclic) bond motifs is 1. The number of hydrogen-bond donors (Lipinski definition) is 2. The van der Waals surface area contributed by atoms with Crippen LogP contribution in [0.4, 0.5) is 0 Å². The Morgan fingerprint density at radius 2 is 2.10 bits per heavy atom. The molecule has 2 N–H and O–H groups in total. The van der Waals surface area contributed by atoms with Gasteiger partial charge in [-0.05, 0) is 50.9 Å². The molecule has 2 aliphatic rings. The second-order valence-corrected chi connectivity index (χ2v) is 6.73. The van der Waals surface area contributed by atoms with Crippen molar-refractivity contribution in [2.24, 2.45) is 5.92 Å².